The Kier molecular flexibility index (Phi) is 3.23. The van der Waals surface area contributed by atoms with Crippen molar-refractivity contribution in [3.63, 3.8) is 0 Å². The van der Waals surface area contributed by atoms with Crippen molar-refractivity contribution in [3.8, 4) is 16.8 Å². The van der Waals surface area contributed by atoms with Crippen LogP contribution in [0.3, 0.4) is 0 Å². The molecule has 3 aromatic rings. The van der Waals surface area contributed by atoms with Gasteiger partial charge in [-0.15, -0.1) is 5.10 Å². The number of carbonyl (C=O) groups is 1. The third-order valence-electron chi connectivity index (χ3n) is 3.31. The van der Waals surface area contributed by atoms with E-state index in [1.807, 2.05) is 54.6 Å². The van der Waals surface area contributed by atoms with Crippen molar-refractivity contribution in [2.75, 3.05) is 0 Å². The van der Waals surface area contributed by atoms with Crippen LogP contribution in [0.5, 0.6) is 0 Å². The van der Waals surface area contributed by atoms with Gasteiger partial charge in [0.25, 0.3) is 0 Å². The number of rotatable bonds is 3. The van der Waals surface area contributed by atoms with Crippen molar-refractivity contribution in [3.05, 3.63) is 66.0 Å². The maximum absolute atomic E-state index is 11.1. The van der Waals surface area contributed by atoms with E-state index in [0.717, 1.165) is 16.8 Å². The number of carboxylic acids is 1. The minimum atomic E-state index is -1.07. The van der Waals surface area contributed by atoms with Crippen molar-refractivity contribution in [2.45, 2.75) is 6.92 Å². The second kappa shape index (κ2) is 5.20. The summed E-state index contributed by atoms with van der Waals surface area (Å²) in [7, 11) is 0. The van der Waals surface area contributed by atoms with Crippen LogP contribution in [0.1, 0.15) is 16.2 Å². The van der Waals surface area contributed by atoms with E-state index < -0.39 is 5.97 Å². The second-order valence-corrected chi connectivity index (χ2v) is 4.62. The molecule has 0 radical (unpaired) electrons. The van der Waals surface area contributed by atoms with Crippen molar-refractivity contribution in [2.24, 2.45) is 0 Å². The van der Waals surface area contributed by atoms with Crippen LogP contribution in [-0.2, 0) is 0 Å². The highest BCUT2D eigenvalue weighted by atomic mass is 16.4. The first-order chi connectivity index (χ1) is 10.2. The van der Waals surface area contributed by atoms with Gasteiger partial charge < -0.3 is 5.11 Å². The molecule has 21 heavy (non-hydrogen) atoms. The summed E-state index contributed by atoms with van der Waals surface area (Å²) < 4.78 is 1.56. The van der Waals surface area contributed by atoms with Crippen LogP contribution in [0, 0.1) is 6.92 Å². The van der Waals surface area contributed by atoms with E-state index in [2.05, 4.69) is 10.3 Å². The zero-order chi connectivity index (χ0) is 14.8. The average molecular weight is 279 g/mol. The van der Waals surface area contributed by atoms with Crippen LogP contribution in [0.15, 0.2) is 54.6 Å². The molecule has 0 aliphatic heterocycles. The van der Waals surface area contributed by atoms with Gasteiger partial charge in [-0.3, -0.25) is 0 Å². The summed E-state index contributed by atoms with van der Waals surface area (Å²) in [5, 5.41) is 16.8. The number of carboxylic acid groups (broad SMARTS) is 1. The van der Waals surface area contributed by atoms with Gasteiger partial charge in [0, 0.05) is 5.56 Å². The molecular formula is C16H13N3O2. The van der Waals surface area contributed by atoms with E-state index in [4.69, 9.17) is 5.11 Å². The smallest absolute Gasteiger partial charge is 0.358 e. The van der Waals surface area contributed by atoms with Crippen molar-refractivity contribution < 1.29 is 9.90 Å². The molecule has 0 aliphatic carbocycles. The predicted octanol–water partition coefficient (Wildman–Crippen LogP) is 2.94. The average Bonchev–Trinajstić information content (AvgIpc) is 2.90. The highest BCUT2D eigenvalue weighted by Crippen LogP contribution is 2.27. The quantitative estimate of drug-likeness (QED) is 0.800. The SMILES string of the molecule is Cc1c(C(=O)O)nnn1-c1ccccc1-c1ccccc1. The third kappa shape index (κ3) is 2.29. The lowest BCUT2D eigenvalue weighted by molar-refractivity contribution is 0.0689. The molecule has 0 unspecified atom stereocenters. The Balaban J connectivity index is 2.19. The molecule has 0 saturated heterocycles. The highest BCUT2D eigenvalue weighted by Gasteiger charge is 2.17. The standard InChI is InChI=1S/C16H13N3O2/c1-11-15(16(20)21)17-18-19(11)14-10-6-5-9-13(14)12-7-3-2-4-8-12/h2-10H,1H3,(H,20,21). The number of para-hydroxylation sites is 1. The fraction of sp³-hybridized carbons (Fsp3) is 0.0625. The third-order valence-corrected chi connectivity index (χ3v) is 3.31. The number of aromatic carboxylic acids is 1. The van der Waals surface area contributed by atoms with E-state index in [1.54, 1.807) is 11.6 Å². The fourth-order valence-corrected chi connectivity index (χ4v) is 2.28. The molecule has 5 heteroatoms. The molecule has 0 fully saturated rings. The maximum Gasteiger partial charge on any atom is 0.358 e. The summed E-state index contributed by atoms with van der Waals surface area (Å²) in [6.07, 6.45) is 0. The van der Waals surface area contributed by atoms with E-state index in [0.29, 0.717) is 5.69 Å². The topological polar surface area (TPSA) is 68.0 Å². The highest BCUT2D eigenvalue weighted by molar-refractivity contribution is 5.86. The molecule has 0 bridgehead atoms. The zero-order valence-electron chi connectivity index (χ0n) is 11.4. The van der Waals surface area contributed by atoms with Crippen LogP contribution in [0.2, 0.25) is 0 Å². The lowest BCUT2D eigenvalue weighted by Gasteiger charge is -2.10. The number of aromatic nitrogens is 3. The number of nitrogens with zero attached hydrogens (tertiary/aromatic N) is 3. The summed E-state index contributed by atoms with van der Waals surface area (Å²) in [5.74, 6) is -1.07. The van der Waals surface area contributed by atoms with Crippen LogP contribution in [-0.4, -0.2) is 26.1 Å². The number of benzene rings is 2. The predicted molar refractivity (Wildman–Crippen MR) is 78.5 cm³/mol. The summed E-state index contributed by atoms with van der Waals surface area (Å²) in [6.45, 7) is 1.70. The van der Waals surface area contributed by atoms with Crippen LogP contribution < -0.4 is 0 Å². The molecule has 2 aromatic carbocycles. The Bertz CT molecular complexity index is 794. The minimum absolute atomic E-state index is 0.0298. The lowest BCUT2D eigenvalue weighted by Crippen LogP contribution is -2.03. The molecule has 0 spiro atoms. The molecule has 0 aliphatic rings. The van der Waals surface area contributed by atoms with Crippen molar-refractivity contribution in [1.29, 1.82) is 0 Å². The minimum Gasteiger partial charge on any atom is -0.476 e. The molecule has 0 amide bonds. The molecule has 104 valence electrons. The Morgan fingerprint density at radius 2 is 1.71 bits per heavy atom. The normalized spacial score (nSPS) is 10.5. The Morgan fingerprint density at radius 1 is 1.05 bits per heavy atom. The first-order valence-corrected chi connectivity index (χ1v) is 6.49. The van der Waals surface area contributed by atoms with Gasteiger partial charge in [-0.25, -0.2) is 9.48 Å². The summed E-state index contributed by atoms with van der Waals surface area (Å²) in [5.41, 5.74) is 3.30. The first-order valence-electron chi connectivity index (χ1n) is 6.49. The van der Waals surface area contributed by atoms with Crippen LogP contribution in [0.25, 0.3) is 16.8 Å². The monoisotopic (exact) mass is 279 g/mol. The van der Waals surface area contributed by atoms with Gasteiger partial charge in [0.2, 0.25) is 0 Å². The lowest BCUT2D eigenvalue weighted by atomic mass is 10.0. The molecule has 0 atom stereocenters. The molecular weight excluding hydrogens is 266 g/mol. The van der Waals surface area contributed by atoms with Gasteiger partial charge in [0.05, 0.1) is 11.4 Å². The van der Waals surface area contributed by atoms with Gasteiger partial charge in [-0.1, -0.05) is 53.7 Å². The van der Waals surface area contributed by atoms with Crippen LogP contribution >= 0.6 is 0 Å². The summed E-state index contributed by atoms with van der Waals surface area (Å²) in [4.78, 5) is 11.1. The Hall–Kier alpha value is -2.95. The van der Waals surface area contributed by atoms with Gasteiger partial charge in [0.1, 0.15) is 0 Å². The molecule has 3 rings (SSSR count). The van der Waals surface area contributed by atoms with Gasteiger partial charge in [-0.05, 0) is 18.6 Å². The molecule has 1 N–H and O–H groups in total. The summed E-state index contributed by atoms with van der Waals surface area (Å²) >= 11 is 0. The molecule has 5 nitrogen and oxygen atoms in total. The molecule has 1 heterocycles. The summed E-state index contributed by atoms with van der Waals surface area (Å²) in [6, 6.07) is 17.6. The Labute approximate surface area is 121 Å². The van der Waals surface area contributed by atoms with Crippen LogP contribution in [0.4, 0.5) is 0 Å². The number of hydrogen-bond donors (Lipinski definition) is 1. The van der Waals surface area contributed by atoms with Gasteiger partial charge in [-0.2, -0.15) is 0 Å². The van der Waals surface area contributed by atoms with E-state index in [9.17, 15) is 4.79 Å². The Morgan fingerprint density at radius 3 is 2.38 bits per heavy atom. The van der Waals surface area contributed by atoms with Crippen molar-refractivity contribution in [1.82, 2.24) is 15.0 Å². The van der Waals surface area contributed by atoms with E-state index >= 15 is 0 Å². The zero-order valence-corrected chi connectivity index (χ0v) is 11.4. The maximum atomic E-state index is 11.1. The molecule has 0 saturated carbocycles. The second-order valence-electron chi connectivity index (χ2n) is 4.62. The van der Waals surface area contributed by atoms with Gasteiger partial charge >= 0.3 is 5.97 Å². The number of hydrogen-bond acceptors (Lipinski definition) is 3. The largest absolute Gasteiger partial charge is 0.476 e. The van der Waals surface area contributed by atoms with Crippen molar-refractivity contribution >= 4 is 5.97 Å². The van der Waals surface area contributed by atoms with E-state index in [1.165, 1.54) is 0 Å². The first kappa shape index (κ1) is 13.1. The molecule has 1 aromatic heterocycles. The van der Waals surface area contributed by atoms with E-state index in [-0.39, 0.29) is 5.69 Å². The van der Waals surface area contributed by atoms with Gasteiger partial charge in [0.15, 0.2) is 5.69 Å². The fourth-order valence-electron chi connectivity index (χ4n) is 2.28.